The number of nitrogens with zero attached hydrogens (tertiary/aromatic N) is 8. The minimum absolute atomic E-state index is 0.567. The first-order valence-corrected chi connectivity index (χ1v) is 11.0. The average Bonchev–Trinajstić information content (AvgIpc) is 3.50. The molecular formula is C23H24N10. The first kappa shape index (κ1) is 19.6. The molecule has 6 rings (SSSR count). The summed E-state index contributed by atoms with van der Waals surface area (Å²) in [6.45, 7) is 4.77. The molecule has 0 aliphatic carbocycles. The van der Waals surface area contributed by atoms with Gasteiger partial charge in [-0.1, -0.05) is 6.07 Å². The van der Waals surface area contributed by atoms with Gasteiger partial charge in [0.2, 0.25) is 5.95 Å². The number of pyridine rings is 1. The third-order valence-electron chi connectivity index (χ3n) is 6.05. The molecule has 0 saturated carbocycles. The lowest BCUT2D eigenvalue weighted by Gasteiger charge is -2.33. The molecule has 2 N–H and O–H groups in total. The van der Waals surface area contributed by atoms with Gasteiger partial charge in [-0.25, -0.2) is 19.5 Å². The summed E-state index contributed by atoms with van der Waals surface area (Å²) in [5, 5.41) is 8.84. The first-order chi connectivity index (χ1) is 16.2. The van der Waals surface area contributed by atoms with E-state index < -0.39 is 0 Å². The third kappa shape index (κ3) is 3.85. The summed E-state index contributed by atoms with van der Waals surface area (Å²) >= 11 is 0. The van der Waals surface area contributed by atoms with Crippen molar-refractivity contribution >= 4 is 28.4 Å². The van der Waals surface area contributed by atoms with E-state index in [1.165, 1.54) is 0 Å². The van der Waals surface area contributed by atoms with Crippen molar-refractivity contribution in [2.24, 2.45) is 0 Å². The molecule has 0 unspecified atom stereocenters. The smallest absolute Gasteiger partial charge is 0.224 e. The van der Waals surface area contributed by atoms with Crippen molar-refractivity contribution in [3.8, 4) is 11.3 Å². The van der Waals surface area contributed by atoms with Crippen LogP contribution in [0.25, 0.3) is 27.9 Å². The fourth-order valence-corrected chi connectivity index (χ4v) is 4.09. The predicted octanol–water partition coefficient (Wildman–Crippen LogP) is 2.43. The van der Waals surface area contributed by atoms with Crippen molar-refractivity contribution < 1.29 is 0 Å². The Morgan fingerprint density at radius 1 is 1.00 bits per heavy atom. The van der Waals surface area contributed by atoms with Crippen molar-refractivity contribution in [1.82, 2.24) is 39.4 Å². The molecule has 0 atom stereocenters. The van der Waals surface area contributed by atoms with Crippen LogP contribution >= 0.6 is 0 Å². The molecule has 0 bridgehead atoms. The molecule has 1 fully saturated rings. The molecule has 6 heterocycles. The van der Waals surface area contributed by atoms with Crippen LogP contribution in [0, 0.1) is 0 Å². The zero-order valence-electron chi connectivity index (χ0n) is 18.3. The molecule has 10 nitrogen and oxygen atoms in total. The van der Waals surface area contributed by atoms with Crippen LogP contribution in [0.4, 0.5) is 11.8 Å². The second kappa shape index (κ2) is 8.14. The Morgan fingerprint density at radius 2 is 1.91 bits per heavy atom. The molecule has 5 aromatic heterocycles. The summed E-state index contributed by atoms with van der Waals surface area (Å²) in [6.07, 6.45) is 9.22. The van der Waals surface area contributed by atoms with E-state index in [2.05, 4.69) is 64.3 Å². The summed E-state index contributed by atoms with van der Waals surface area (Å²) < 4.78 is 1.76. The van der Waals surface area contributed by atoms with Crippen LogP contribution in [0.5, 0.6) is 0 Å². The van der Waals surface area contributed by atoms with Gasteiger partial charge in [-0.2, -0.15) is 10.1 Å². The van der Waals surface area contributed by atoms with Crippen molar-refractivity contribution in [3.05, 3.63) is 60.8 Å². The maximum absolute atomic E-state index is 4.65. The van der Waals surface area contributed by atoms with E-state index in [9.17, 15) is 0 Å². The maximum Gasteiger partial charge on any atom is 0.224 e. The number of rotatable bonds is 5. The fraction of sp³-hybridized carbons (Fsp3) is 0.261. The zero-order chi connectivity index (χ0) is 22.2. The van der Waals surface area contributed by atoms with Crippen molar-refractivity contribution in [2.45, 2.75) is 6.54 Å². The Balaban J connectivity index is 1.15. The number of anilines is 2. The van der Waals surface area contributed by atoms with Gasteiger partial charge in [0.15, 0.2) is 5.65 Å². The Labute approximate surface area is 190 Å². The minimum atomic E-state index is 0.567. The SMILES string of the molecule is CN1CCN(c2ccc(CNc3ncc4c(-c5ccc6nccn6n5)c[nH]c4n3)cn2)CC1. The summed E-state index contributed by atoms with van der Waals surface area (Å²) in [6, 6.07) is 8.10. The van der Waals surface area contributed by atoms with Gasteiger partial charge in [0, 0.05) is 74.7 Å². The summed E-state index contributed by atoms with van der Waals surface area (Å²) in [5.41, 5.74) is 4.45. The largest absolute Gasteiger partial charge is 0.354 e. The second-order valence-electron chi connectivity index (χ2n) is 8.28. The van der Waals surface area contributed by atoms with E-state index in [0.717, 1.165) is 65.5 Å². The summed E-state index contributed by atoms with van der Waals surface area (Å²) in [5.74, 6) is 1.60. The fourth-order valence-electron chi connectivity index (χ4n) is 4.09. The second-order valence-corrected chi connectivity index (χ2v) is 8.28. The number of piperazine rings is 1. The zero-order valence-corrected chi connectivity index (χ0v) is 18.3. The van der Waals surface area contributed by atoms with Gasteiger partial charge in [0.25, 0.3) is 0 Å². The van der Waals surface area contributed by atoms with Crippen LogP contribution in [0.3, 0.4) is 0 Å². The Kier molecular flexibility index (Phi) is 4.84. The monoisotopic (exact) mass is 440 g/mol. The minimum Gasteiger partial charge on any atom is -0.354 e. The molecule has 0 spiro atoms. The van der Waals surface area contributed by atoms with Gasteiger partial charge in [-0.3, -0.25) is 0 Å². The number of nitrogens with one attached hydrogen (secondary N) is 2. The highest BCUT2D eigenvalue weighted by Gasteiger charge is 2.15. The molecule has 5 aromatic rings. The molecule has 33 heavy (non-hydrogen) atoms. The van der Waals surface area contributed by atoms with E-state index in [0.29, 0.717) is 12.5 Å². The van der Waals surface area contributed by atoms with Crippen molar-refractivity contribution in [1.29, 1.82) is 0 Å². The van der Waals surface area contributed by atoms with Crippen molar-refractivity contribution in [2.75, 3.05) is 43.4 Å². The number of hydrogen-bond acceptors (Lipinski definition) is 8. The van der Waals surface area contributed by atoms with Gasteiger partial charge in [-0.15, -0.1) is 0 Å². The first-order valence-electron chi connectivity index (χ1n) is 11.0. The number of aromatic amines is 1. The van der Waals surface area contributed by atoms with Crippen molar-refractivity contribution in [3.63, 3.8) is 0 Å². The maximum atomic E-state index is 4.65. The van der Waals surface area contributed by atoms with Crippen LogP contribution in [0.15, 0.2) is 55.2 Å². The Morgan fingerprint density at radius 3 is 2.76 bits per heavy atom. The highest BCUT2D eigenvalue weighted by atomic mass is 15.3. The molecule has 0 aromatic carbocycles. The Bertz CT molecular complexity index is 1400. The number of likely N-dealkylation sites (N-methyl/N-ethyl adjacent to an activating group) is 1. The number of hydrogen-bond donors (Lipinski definition) is 2. The van der Waals surface area contributed by atoms with Crippen LogP contribution in [-0.2, 0) is 6.54 Å². The Hall–Kier alpha value is -4.05. The number of H-pyrrole nitrogens is 1. The van der Waals surface area contributed by atoms with E-state index in [1.54, 1.807) is 10.7 Å². The molecule has 1 aliphatic heterocycles. The van der Waals surface area contributed by atoms with Crippen LogP contribution in [0.2, 0.25) is 0 Å². The van der Waals surface area contributed by atoms with E-state index >= 15 is 0 Å². The molecule has 0 radical (unpaired) electrons. The molecule has 10 heteroatoms. The average molecular weight is 441 g/mol. The highest BCUT2D eigenvalue weighted by Crippen LogP contribution is 2.26. The summed E-state index contributed by atoms with van der Waals surface area (Å²) in [7, 11) is 2.16. The lowest BCUT2D eigenvalue weighted by molar-refractivity contribution is 0.312. The molecule has 0 amide bonds. The molecule has 1 aliphatic rings. The van der Waals surface area contributed by atoms with E-state index in [-0.39, 0.29) is 0 Å². The van der Waals surface area contributed by atoms with E-state index in [4.69, 9.17) is 0 Å². The van der Waals surface area contributed by atoms with Gasteiger partial charge in [0.1, 0.15) is 11.5 Å². The lowest BCUT2D eigenvalue weighted by atomic mass is 10.2. The lowest BCUT2D eigenvalue weighted by Crippen LogP contribution is -2.44. The topological polar surface area (TPSA) is 103 Å². The number of imidazole rings is 1. The summed E-state index contributed by atoms with van der Waals surface area (Å²) in [4.78, 5) is 25.9. The molecule has 166 valence electrons. The highest BCUT2D eigenvalue weighted by molar-refractivity contribution is 5.92. The van der Waals surface area contributed by atoms with Gasteiger partial charge >= 0.3 is 0 Å². The number of fused-ring (bicyclic) bond motifs is 2. The molecular weight excluding hydrogens is 416 g/mol. The quantitative estimate of drug-likeness (QED) is 0.430. The van der Waals surface area contributed by atoms with Gasteiger partial charge in [0.05, 0.1) is 5.69 Å². The van der Waals surface area contributed by atoms with E-state index in [1.807, 2.05) is 36.9 Å². The number of aromatic nitrogens is 7. The standard InChI is InChI=1S/C23H24N10/c1-31-8-10-32(11-9-31)20-4-2-16(12-25-20)13-27-23-28-15-18-17(14-26-22(18)29-23)19-3-5-21-24-6-7-33(21)30-19/h2-7,12,14-15H,8-11,13H2,1H3,(H2,26,27,28,29). The van der Waals surface area contributed by atoms with Gasteiger partial charge in [-0.05, 0) is 30.8 Å². The van der Waals surface area contributed by atoms with Crippen LogP contribution < -0.4 is 10.2 Å². The third-order valence-corrected chi connectivity index (χ3v) is 6.05. The van der Waals surface area contributed by atoms with Crippen LogP contribution in [0.1, 0.15) is 5.56 Å². The van der Waals surface area contributed by atoms with Gasteiger partial charge < -0.3 is 20.1 Å². The predicted molar refractivity (Wildman–Crippen MR) is 127 cm³/mol. The molecule has 1 saturated heterocycles. The van der Waals surface area contributed by atoms with Crippen LogP contribution in [-0.4, -0.2) is 72.7 Å². The normalized spacial score (nSPS) is 14.9.